The number of hydrogen-bond acceptors (Lipinski definition) is 2. The second-order valence-electron chi connectivity index (χ2n) is 4.40. The third kappa shape index (κ3) is 5.17. The number of sulfonamides is 1. The van der Waals surface area contributed by atoms with Gasteiger partial charge in [0.2, 0.25) is 10.0 Å². The van der Waals surface area contributed by atoms with Crippen LogP contribution in [-0.4, -0.2) is 19.8 Å². The number of benzene rings is 1. The summed E-state index contributed by atoms with van der Waals surface area (Å²) in [5.74, 6) is 0.479. The molecule has 3 nitrogen and oxygen atoms in total. The van der Waals surface area contributed by atoms with E-state index in [2.05, 4.69) is 50.4 Å². The summed E-state index contributed by atoms with van der Waals surface area (Å²) in [5, 5.41) is 0. The maximum absolute atomic E-state index is 12.1. The average Bonchev–Trinajstić information content (AvgIpc) is 2.38. The minimum atomic E-state index is -3.42. The molecule has 0 aliphatic heterocycles. The molecule has 1 rings (SSSR count). The van der Waals surface area contributed by atoms with E-state index in [4.69, 9.17) is 0 Å². The molecule has 1 aromatic rings. The van der Waals surface area contributed by atoms with Gasteiger partial charge in [0, 0.05) is 15.8 Å². The van der Waals surface area contributed by atoms with Crippen molar-refractivity contribution in [2.45, 2.75) is 36.4 Å². The first kappa shape index (κ1) is 17.1. The zero-order valence-corrected chi connectivity index (χ0v) is 15.1. The lowest BCUT2D eigenvalue weighted by Gasteiger charge is -2.19. The minimum absolute atomic E-state index is 0.160. The molecule has 0 saturated carbocycles. The highest BCUT2D eigenvalue weighted by atomic mass is 79.9. The van der Waals surface area contributed by atoms with Gasteiger partial charge in [-0.15, -0.1) is 0 Å². The molecule has 0 spiro atoms. The van der Waals surface area contributed by atoms with Crippen molar-refractivity contribution < 1.29 is 8.42 Å². The van der Waals surface area contributed by atoms with Crippen LogP contribution in [0.3, 0.4) is 0 Å². The number of hydrogen-bond donors (Lipinski definition) is 1. The third-order valence-corrected chi connectivity index (χ3v) is 6.19. The molecule has 1 N–H and O–H groups in total. The van der Waals surface area contributed by atoms with Gasteiger partial charge in [0.15, 0.2) is 0 Å². The number of rotatable bonds is 7. The Hall–Kier alpha value is 0.0900. The zero-order valence-electron chi connectivity index (χ0n) is 11.1. The highest BCUT2D eigenvalue weighted by molar-refractivity contribution is 9.10. The van der Waals surface area contributed by atoms with E-state index in [1.54, 1.807) is 24.3 Å². The zero-order chi connectivity index (χ0) is 14.5. The van der Waals surface area contributed by atoms with Crippen molar-refractivity contribution in [1.29, 1.82) is 0 Å². The fourth-order valence-electron chi connectivity index (χ4n) is 1.85. The summed E-state index contributed by atoms with van der Waals surface area (Å²) < 4.78 is 27.7. The van der Waals surface area contributed by atoms with Gasteiger partial charge in [-0.1, -0.05) is 58.5 Å². The molecule has 1 aromatic carbocycles. The molecular formula is C13H19Br2NO2S. The van der Waals surface area contributed by atoms with Crippen molar-refractivity contribution in [2.75, 3.05) is 6.54 Å². The first-order valence-electron chi connectivity index (χ1n) is 6.30. The summed E-state index contributed by atoms with van der Waals surface area (Å²) in [4.78, 5) is 0.452. The largest absolute Gasteiger partial charge is 0.240 e. The van der Waals surface area contributed by atoms with E-state index >= 15 is 0 Å². The maximum atomic E-state index is 12.1. The summed E-state index contributed by atoms with van der Waals surface area (Å²) in [6, 6.07) is 6.63. The molecule has 0 bridgehead atoms. The standard InChI is InChI=1S/C13H19Br2NO2S/c1-3-10(4-2)13(15)9-16-19(17,18)12-7-5-11(14)6-8-12/h5-8,10,13,16H,3-4,9H2,1-2H3. The molecule has 0 fully saturated rings. The van der Waals surface area contributed by atoms with Gasteiger partial charge >= 0.3 is 0 Å². The Kier molecular flexibility index (Phi) is 7.00. The lowest BCUT2D eigenvalue weighted by molar-refractivity contribution is 0.471. The fraction of sp³-hybridized carbons (Fsp3) is 0.538. The van der Waals surface area contributed by atoms with E-state index in [9.17, 15) is 8.42 Å². The Morgan fingerprint density at radius 2 is 1.68 bits per heavy atom. The number of alkyl halides is 1. The van der Waals surface area contributed by atoms with E-state index in [1.807, 2.05) is 0 Å². The van der Waals surface area contributed by atoms with Crippen molar-refractivity contribution in [3.05, 3.63) is 28.7 Å². The first-order chi connectivity index (χ1) is 8.90. The van der Waals surface area contributed by atoms with Crippen LogP contribution in [0.25, 0.3) is 0 Å². The average molecular weight is 413 g/mol. The summed E-state index contributed by atoms with van der Waals surface area (Å²) in [7, 11) is -3.42. The summed E-state index contributed by atoms with van der Waals surface area (Å²) >= 11 is 6.86. The van der Waals surface area contributed by atoms with Crippen molar-refractivity contribution in [2.24, 2.45) is 5.92 Å². The van der Waals surface area contributed by atoms with Gasteiger partial charge in [-0.25, -0.2) is 13.1 Å². The Morgan fingerprint density at radius 1 is 1.16 bits per heavy atom. The smallest absolute Gasteiger partial charge is 0.210 e. The lowest BCUT2D eigenvalue weighted by Crippen LogP contribution is -2.32. The quantitative estimate of drug-likeness (QED) is 0.689. The maximum Gasteiger partial charge on any atom is 0.240 e. The summed E-state index contributed by atoms with van der Waals surface area (Å²) in [6.45, 7) is 4.64. The van der Waals surface area contributed by atoms with Gasteiger partial charge in [0.25, 0.3) is 0 Å². The molecule has 108 valence electrons. The molecule has 0 aliphatic rings. The molecule has 19 heavy (non-hydrogen) atoms. The van der Waals surface area contributed by atoms with Gasteiger partial charge in [-0.2, -0.15) is 0 Å². The van der Waals surface area contributed by atoms with E-state index < -0.39 is 10.0 Å². The Bertz CT molecular complexity index is 484. The summed E-state index contributed by atoms with van der Waals surface area (Å²) in [6.07, 6.45) is 2.07. The van der Waals surface area contributed by atoms with Crippen molar-refractivity contribution in [3.8, 4) is 0 Å². The molecule has 0 radical (unpaired) electrons. The second-order valence-corrected chi connectivity index (χ2v) is 8.26. The molecule has 1 atom stereocenters. The Labute approximate surface area is 132 Å². The van der Waals surface area contributed by atoms with Crippen LogP contribution in [0.5, 0.6) is 0 Å². The van der Waals surface area contributed by atoms with Crippen molar-refractivity contribution in [3.63, 3.8) is 0 Å². The van der Waals surface area contributed by atoms with Crippen LogP contribution < -0.4 is 4.72 Å². The number of nitrogens with one attached hydrogen (secondary N) is 1. The highest BCUT2D eigenvalue weighted by Crippen LogP contribution is 2.20. The highest BCUT2D eigenvalue weighted by Gasteiger charge is 2.19. The molecule has 0 amide bonds. The number of halogens is 2. The third-order valence-electron chi connectivity index (χ3n) is 3.15. The Morgan fingerprint density at radius 3 is 2.16 bits per heavy atom. The van der Waals surface area contributed by atoms with E-state index in [1.165, 1.54) is 0 Å². The molecule has 0 aliphatic carbocycles. The van der Waals surface area contributed by atoms with Gasteiger partial charge in [-0.05, 0) is 30.2 Å². The SMILES string of the molecule is CCC(CC)C(Br)CNS(=O)(=O)c1ccc(Br)cc1. The van der Waals surface area contributed by atoms with Crippen LogP contribution in [-0.2, 0) is 10.0 Å². The fourth-order valence-corrected chi connectivity index (χ4v) is 4.30. The Balaban J connectivity index is 2.68. The monoisotopic (exact) mass is 411 g/mol. The van der Waals surface area contributed by atoms with E-state index in [0.717, 1.165) is 17.3 Å². The van der Waals surface area contributed by atoms with Crippen molar-refractivity contribution >= 4 is 41.9 Å². The predicted octanol–water partition coefficient (Wildman–Crippen LogP) is 3.93. The van der Waals surface area contributed by atoms with Crippen LogP contribution in [0, 0.1) is 5.92 Å². The first-order valence-corrected chi connectivity index (χ1v) is 9.49. The molecular weight excluding hydrogens is 394 g/mol. The molecule has 0 saturated heterocycles. The van der Waals surface area contributed by atoms with Crippen LogP contribution in [0.2, 0.25) is 0 Å². The van der Waals surface area contributed by atoms with Gasteiger partial charge in [0.1, 0.15) is 0 Å². The molecule has 6 heteroatoms. The van der Waals surface area contributed by atoms with E-state index in [-0.39, 0.29) is 4.83 Å². The van der Waals surface area contributed by atoms with Crippen LogP contribution in [0.4, 0.5) is 0 Å². The van der Waals surface area contributed by atoms with Gasteiger partial charge in [-0.3, -0.25) is 0 Å². The summed E-state index contributed by atoms with van der Waals surface area (Å²) in [5.41, 5.74) is 0. The molecule has 0 heterocycles. The van der Waals surface area contributed by atoms with Crippen LogP contribution in [0.1, 0.15) is 26.7 Å². The normalized spacial score (nSPS) is 13.7. The van der Waals surface area contributed by atoms with E-state index in [0.29, 0.717) is 17.4 Å². The predicted molar refractivity (Wildman–Crippen MR) is 86.1 cm³/mol. The van der Waals surface area contributed by atoms with Gasteiger partial charge in [0.05, 0.1) is 4.90 Å². The second kappa shape index (κ2) is 7.76. The topological polar surface area (TPSA) is 46.2 Å². The van der Waals surface area contributed by atoms with Crippen LogP contribution in [0.15, 0.2) is 33.6 Å². The molecule has 1 unspecified atom stereocenters. The minimum Gasteiger partial charge on any atom is -0.210 e. The van der Waals surface area contributed by atoms with Gasteiger partial charge < -0.3 is 0 Å². The lowest BCUT2D eigenvalue weighted by atomic mass is 10.00. The van der Waals surface area contributed by atoms with Crippen molar-refractivity contribution in [1.82, 2.24) is 4.72 Å². The molecule has 0 aromatic heterocycles. The van der Waals surface area contributed by atoms with Crippen LogP contribution >= 0.6 is 31.9 Å².